The molecule has 0 saturated carbocycles. The number of rotatable bonds is 9. The molecule has 0 rings (SSSR count). The van der Waals surface area contributed by atoms with Gasteiger partial charge in [-0.2, -0.15) is 0 Å². The monoisotopic (exact) mass is 287 g/mol. The summed E-state index contributed by atoms with van der Waals surface area (Å²) in [6, 6.07) is -0.770. The highest BCUT2D eigenvalue weighted by Crippen LogP contribution is 2.14. The van der Waals surface area contributed by atoms with Gasteiger partial charge in [-0.05, 0) is 25.2 Å². The normalized spacial score (nSPS) is 13.6. The number of carboxylic acids is 1. The lowest BCUT2D eigenvalue weighted by atomic mass is 9.94. The lowest BCUT2D eigenvalue weighted by molar-refractivity contribution is -0.138. The quantitative estimate of drug-likeness (QED) is 0.498. The first kappa shape index (κ1) is 18.2. The van der Waals surface area contributed by atoms with Crippen LogP contribution in [0.25, 0.3) is 0 Å². The maximum absolute atomic E-state index is 11.6. The van der Waals surface area contributed by atoms with Crippen molar-refractivity contribution in [2.75, 3.05) is 6.54 Å². The second-order valence-corrected chi connectivity index (χ2v) is 5.52. The van der Waals surface area contributed by atoms with Gasteiger partial charge in [0, 0.05) is 25.4 Å². The number of carboxylic acid groups (broad SMARTS) is 1. The van der Waals surface area contributed by atoms with Gasteiger partial charge >= 0.3 is 12.0 Å². The Bertz CT molecular complexity index is 345. The molecule has 0 aromatic rings. The Balaban J connectivity index is 4.15. The van der Waals surface area contributed by atoms with Gasteiger partial charge in [0.05, 0.1) is 0 Å². The summed E-state index contributed by atoms with van der Waals surface area (Å²) in [7, 11) is 0. The summed E-state index contributed by atoms with van der Waals surface area (Å²) in [5, 5.41) is 14.0. The summed E-state index contributed by atoms with van der Waals surface area (Å²) in [4.78, 5) is 33.0. The van der Waals surface area contributed by atoms with Crippen LogP contribution in [0.15, 0.2) is 0 Å². The highest BCUT2D eigenvalue weighted by molar-refractivity contribution is 5.77. The predicted octanol–water partition coefficient (Wildman–Crippen LogP) is 0.687. The number of urea groups is 1. The Morgan fingerprint density at radius 3 is 2.20 bits per heavy atom. The summed E-state index contributed by atoms with van der Waals surface area (Å²) < 4.78 is 0. The molecule has 0 aromatic heterocycles. The second kappa shape index (κ2) is 9.17. The number of nitrogens with one attached hydrogen (secondary N) is 2. The van der Waals surface area contributed by atoms with Crippen molar-refractivity contribution in [1.82, 2.24) is 10.6 Å². The smallest absolute Gasteiger partial charge is 0.315 e. The number of hydrogen-bond donors (Lipinski definition) is 4. The molecule has 0 radical (unpaired) electrons. The third-order valence-electron chi connectivity index (χ3n) is 2.70. The van der Waals surface area contributed by atoms with Gasteiger partial charge in [-0.15, -0.1) is 0 Å². The highest BCUT2D eigenvalue weighted by atomic mass is 16.4. The zero-order chi connectivity index (χ0) is 15.7. The summed E-state index contributed by atoms with van der Waals surface area (Å²) in [5.74, 6) is -1.11. The van der Waals surface area contributed by atoms with Crippen LogP contribution in [0.1, 0.15) is 40.0 Å². The Labute approximate surface area is 119 Å². The maximum Gasteiger partial charge on any atom is 0.315 e. The Kier molecular flexibility index (Phi) is 8.35. The van der Waals surface area contributed by atoms with Crippen molar-refractivity contribution < 1.29 is 19.5 Å². The molecule has 0 fully saturated rings. The van der Waals surface area contributed by atoms with E-state index in [4.69, 9.17) is 10.8 Å². The minimum absolute atomic E-state index is 0.0231. The fourth-order valence-electron chi connectivity index (χ4n) is 2.02. The Hall–Kier alpha value is -1.79. The number of carbonyl (C=O) groups excluding carboxylic acids is 2. The van der Waals surface area contributed by atoms with Gasteiger partial charge in [0.25, 0.3) is 0 Å². The first-order valence-corrected chi connectivity index (χ1v) is 6.75. The zero-order valence-corrected chi connectivity index (χ0v) is 12.3. The van der Waals surface area contributed by atoms with Gasteiger partial charge in [0.15, 0.2) is 0 Å². The molecule has 0 aromatic carbocycles. The molecule has 0 aliphatic rings. The van der Waals surface area contributed by atoms with E-state index in [0.29, 0.717) is 12.5 Å². The predicted molar refractivity (Wildman–Crippen MR) is 75.0 cm³/mol. The molecule has 0 spiro atoms. The molecule has 0 aliphatic heterocycles. The number of aliphatic carboxylic acids is 1. The summed E-state index contributed by atoms with van der Waals surface area (Å²) >= 11 is 0. The molecule has 20 heavy (non-hydrogen) atoms. The van der Waals surface area contributed by atoms with Crippen molar-refractivity contribution in [2.45, 2.75) is 46.1 Å². The van der Waals surface area contributed by atoms with Crippen molar-refractivity contribution >= 4 is 17.9 Å². The van der Waals surface area contributed by atoms with Gasteiger partial charge in [0.2, 0.25) is 5.91 Å². The van der Waals surface area contributed by atoms with Crippen LogP contribution in [-0.2, 0) is 9.59 Å². The summed E-state index contributed by atoms with van der Waals surface area (Å²) in [5.41, 5.74) is 5.03. The van der Waals surface area contributed by atoms with Gasteiger partial charge in [0.1, 0.15) is 0 Å². The van der Waals surface area contributed by atoms with E-state index >= 15 is 0 Å². The molecular weight excluding hydrogens is 262 g/mol. The van der Waals surface area contributed by atoms with Crippen molar-refractivity contribution in [1.29, 1.82) is 0 Å². The van der Waals surface area contributed by atoms with Crippen LogP contribution >= 0.6 is 0 Å². The fraction of sp³-hybridized carbons (Fsp3) is 0.769. The molecule has 116 valence electrons. The first-order valence-electron chi connectivity index (χ1n) is 6.75. The van der Waals surface area contributed by atoms with Gasteiger partial charge in [-0.25, -0.2) is 4.79 Å². The van der Waals surface area contributed by atoms with Crippen molar-refractivity contribution in [3.8, 4) is 0 Å². The van der Waals surface area contributed by atoms with E-state index in [1.54, 1.807) is 6.92 Å². The molecule has 2 atom stereocenters. The lowest BCUT2D eigenvalue weighted by Gasteiger charge is -2.19. The average Bonchev–Trinajstić information content (AvgIpc) is 2.22. The number of hydrogen-bond acceptors (Lipinski definition) is 3. The largest absolute Gasteiger partial charge is 0.481 e. The molecule has 0 aliphatic carbocycles. The molecule has 3 amide bonds. The van der Waals surface area contributed by atoms with Crippen molar-refractivity contribution in [3.63, 3.8) is 0 Å². The van der Waals surface area contributed by atoms with E-state index < -0.39 is 17.9 Å². The van der Waals surface area contributed by atoms with E-state index in [0.717, 1.165) is 6.42 Å². The number of primary amides is 1. The van der Waals surface area contributed by atoms with Crippen molar-refractivity contribution in [3.05, 3.63) is 0 Å². The molecular formula is C13H25N3O4. The molecule has 2 unspecified atom stereocenters. The van der Waals surface area contributed by atoms with Crippen LogP contribution in [0.2, 0.25) is 0 Å². The van der Waals surface area contributed by atoms with Gasteiger partial charge < -0.3 is 21.5 Å². The summed E-state index contributed by atoms with van der Waals surface area (Å²) in [6.45, 7) is 5.97. The molecule has 7 nitrogen and oxygen atoms in total. The maximum atomic E-state index is 11.6. The van der Waals surface area contributed by atoms with Gasteiger partial charge in [-0.1, -0.05) is 13.8 Å². The van der Waals surface area contributed by atoms with E-state index in [9.17, 15) is 14.4 Å². The number of amides is 3. The van der Waals surface area contributed by atoms with Crippen LogP contribution < -0.4 is 16.4 Å². The van der Waals surface area contributed by atoms with Crippen LogP contribution in [0.5, 0.6) is 0 Å². The number of carbonyl (C=O) groups is 3. The third-order valence-corrected chi connectivity index (χ3v) is 2.70. The van der Waals surface area contributed by atoms with E-state index in [-0.39, 0.29) is 24.8 Å². The van der Waals surface area contributed by atoms with E-state index in [1.165, 1.54) is 0 Å². The van der Waals surface area contributed by atoms with Crippen LogP contribution in [0.3, 0.4) is 0 Å². The molecule has 0 saturated heterocycles. The molecule has 0 heterocycles. The number of nitrogens with two attached hydrogens (primary N) is 1. The standard InChI is InChI=1S/C13H25N3O4/c1-8(2)4-10(6-12(18)19)7-15-13(20)16-9(3)5-11(14)17/h8-10H,4-7H2,1-3H3,(H2,14,17)(H,18,19)(H2,15,16,20). The van der Waals surface area contributed by atoms with Crippen LogP contribution in [0.4, 0.5) is 4.79 Å². The minimum Gasteiger partial charge on any atom is -0.481 e. The van der Waals surface area contributed by atoms with E-state index in [1.807, 2.05) is 13.8 Å². The fourth-order valence-corrected chi connectivity index (χ4v) is 2.02. The molecule has 0 bridgehead atoms. The zero-order valence-electron chi connectivity index (χ0n) is 12.3. The van der Waals surface area contributed by atoms with Crippen LogP contribution in [0, 0.1) is 11.8 Å². The Morgan fingerprint density at radius 2 is 1.75 bits per heavy atom. The summed E-state index contributed by atoms with van der Waals surface area (Å²) in [6.07, 6.45) is 0.816. The Morgan fingerprint density at radius 1 is 1.15 bits per heavy atom. The second-order valence-electron chi connectivity index (χ2n) is 5.52. The molecule has 7 heteroatoms. The SMILES string of the molecule is CC(C)CC(CNC(=O)NC(C)CC(N)=O)CC(=O)O. The third kappa shape index (κ3) is 10.2. The lowest BCUT2D eigenvalue weighted by Crippen LogP contribution is -2.44. The first-order chi connectivity index (χ1) is 9.20. The van der Waals surface area contributed by atoms with Crippen LogP contribution in [-0.4, -0.2) is 35.6 Å². The highest BCUT2D eigenvalue weighted by Gasteiger charge is 2.17. The van der Waals surface area contributed by atoms with E-state index in [2.05, 4.69) is 10.6 Å². The minimum atomic E-state index is -0.875. The van der Waals surface area contributed by atoms with Crippen molar-refractivity contribution in [2.24, 2.45) is 17.6 Å². The van der Waals surface area contributed by atoms with Gasteiger partial charge in [-0.3, -0.25) is 9.59 Å². The average molecular weight is 287 g/mol. The topological polar surface area (TPSA) is 122 Å². The molecule has 5 N–H and O–H groups in total.